The summed E-state index contributed by atoms with van der Waals surface area (Å²) in [7, 11) is 1.35. The molecule has 0 radical (unpaired) electrons. The molecule has 0 bridgehead atoms. The van der Waals surface area contributed by atoms with E-state index in [0.717, 1.165) is 35.9 Å². The van der Waals surface area contributed by atoms with E-state index in [1.807, 2.05) is 24.3 Å². The summed E-state index contributed by atoms with van der Waals surface area (Å²) in [5, 5.41) is 4.29. The molecule has 2 heterocycles. The van der Waals surface area contributed by atoms with E-state index in [1.165, 1.54) is 12.0 Å². The molecule has 25 heavy (non-hydrogen) atoms. The van der Waals surface area contributed by atoms with Gasteiger partial charge in [-0.1, -0.05) is 18.2 Å². The molecule has 7 heteroatoms. The molecule has 1 aromatic carbocycles. The van der Waals surface area contributed by atoms with E-state index < -0.39 is 5.97 Å². The fourth-order valence-electron chi connectivity index (χ4n) is 3.21. The van der Waals surface area contributed by atoms with Crippen molar-refractivity contribution in [2.75, 3.05) is 12.4 Å². The topological polar surface area (TPSA) is 73.2 Å². The first-order valence-corrected chi connectivity index (χ1v) is 8.92. The van der Waals surface area contributed by atoms with Crippen LogP contribution in [0.2, 0.25) is 0 Å². The van der Waals surface area contributed by atoms with E-state index in [2.05, 4.69) is 10.3 Å². The van der Waals surface area contributed by atoms with Crippen LogP contribution in [0.3, 0.4) is 0 Å². The number of anilines is 1. The van der Waals surface area contributed by atoms with Gasteiger partial charge in [0.25, 0.3) is 0 Å². The fraction of sp³-hybridized carbons (Fsp3) is 0.278. The molecule has 0 saturated heterocycles. The molecule has 0 fully saturated rings. The Labute approximate surface area is 148 Å². The number of aromatic nitrogens is 2. The first kappa shape index (κ1) is 15.8. The number of hydrogen-bond acceptors (Lipinski definition) is 5. The Morgan fingerprint density at radius 1 is 1.32 bits per heavy atom. The van der Waals surface area contributed by atoms with Crippen molar-refractivity contribution in [1.82, 2.24) is 9.55 Å². The van der Waals surface area contributed by atoms with Gasteiger partial charge < -0.3 is 14.6 Å². The molecular weight excluding hydrogens is 338 g/mol. The molecule has 1 aliphatic carbocycles. The summed E-state index contributed by atoms with van der Waals surface area (Å²) < 4.78 is 6.59. The molecule has 0 atom stereocenters. The third kappa shape index (κ3) is 2.91. The molecule has 2 aromatic heterocycles. The van der Waals surface area contributed by atoms with Crippen molar-refractivity contribution in [1.29, 1.82) is 0 Å². The average Bonchev–Trinajstić information content (AvgIpc) is 3.28. The van der Waals surface area contributed by atoms with Gasteiger partial charge in [-0.05, 0) is 25.3 Å². The summed E-state index contributed by atoms with van der Waals surface area (Å²) >= 11 is 1.55. The van der Waals surface area contributed by atoms with Crippen LogP contribution in [0.15, 0.2) is 30.5 Å². The Bertz CT molecular complexity index is 952. The molecule has 0 aliphatic heterocycles. The standard InChI is InChI=1S/C18H17N3O3S/c1-24-17(23)12-9-21(14-7-3-2-5-11(12)14)10-16(22)20-18-19-13-6-4-8-15(13)25-18/h2-3,5,7,9H,4,6,8,10H2,1H3,(H,19,20,22). The number of nitrogens with one attached hydrogen (secondary N) is 1. The summed E-state index contributed by atoms with van der Waals surface area (Å²) in [6, 6.07) is 7.47. The van der Waals surface area contributed by atoms with Crippen LogP contribution < -0.4 is 5.32 Å². The van der Waals surface area contributed by atoms with Crippen LogP contribution in [0, 0.1) is 0 Å². The van der Waals surface area contributed by atoms with Crippen molar-refractivity contribution < 1.29 is 14.3 Å². The molecule has 1 N–H and O–H groups in total. The van der Waals surface area contributed by atoms with Crippen molar-refractivity contribution in [2.24, 2.45) is 0 Å². The number of thiazole rings is 1. The number of rotatable bonds is 4. The minimum atomic E-state index is -0.410. The van der Waals surface area contributed by atoms with Gasteiger partial charge in [-0.15, -0.1) is 11.3 Å². The predicted octanol–water partition coefficient (Wildman–Crippen LogP) is 3.01. The number of amides is 1. The minimum absolute atomic E-state index is 0.113. The largest absolute Gasteiger partial charge is 0.465 e. The SMILES string of the molecule is COC(=O)c1cn(CC(=O)Nc2nc3c(s2)CCC3)c2ccccc12. The fourth-order valence-corrected chi connectivity index (χ4v) is 4.27. The highest BCUT2D eigenvalue weighted by Crippen LogP contribution is 2.30. The Morgan fingerprint density at radius 3 is 2.96 bits per heavy atom. The van der Waals surface area contributed by atoms with Gasteiger partial charge >= 0.3 is 5.97 Å². The lowest BCUT2D eigenvalue weighted by atomic mass is 10.2. The normalized spacial score (nSPS) is 13.0. The lowest BCUT2D eigenvalue weighted by molar-refractivity contribution is -0.116. The Kier molecular flexibility index (Phi) is 4.01. The Morgan fingerprint density at radius 2 is 2.16 bits per heavy atom. The molecule has 0 spiro atoms. The highest BCUT2D eigenvalue weighted by molar-refractivity contribution is 7.15. The second-order valence-electron chi connectivity index (χ2n) is 5.97. The molecule has 4 rings (SSSR count). The molecule has 3 aromatic rings. The summed E-state index contributed by atoms with van der Waals surface area (Å²) in [6.07, 6.45) is 4.85. The van der Waals surface area contributed by atoms with E-state index in [1.54, 1.807) is 22.1 Å². The molecule has 128 valence electrons. The summed E-state index contributed by atoms with van der Waals surface area (Å²) in [4.78, 5) is 30.1. The maximum atomic E-state index is 12.4. The lowest BCUT2D eigenvalue weighted by Gasteiger charge is -2.05. The number of ether oxygens (including phenoxy) is 1. The average molecular weight is 355 g/mol. The second kappa shape index (κ2) is 6.33. The van der Waals surface area contributed by atoms with E-state index in [4.69, 9.17) is 4.74 Å². The number of carbonyl (C=O) groups excluding carboxylic acids is 2. The number of nitrogens with zero attached hydrogens (tertiary/aromatic N) is 2. The summed E-state index contributed by atoms with van der Waals surface area (Å²) in [5.41, 5.74) is 2.39. The first-order valence-electron chi connectivity index (χ1n) is 8.10. The van der Waals surface area contributed by atoms with Crippen LogP contribution >= 0.6 is 11.3 Å². The zero-order valence-corrected chi connectivity index (χ0v) is 14.6. The Balaban J connectivity index is 1.57. The van der Waals surface area contributed by atoms with Crippen LogP contribution in [-0.4, -0.2) is 28.5 Å². The summed E-state index contributed by atoms with van der Waals surface area (Å²) in [5.74, 6) is -0.573. The van der Waals surface area contributed by atoms with Crippen LogP contribution in [-0.2, 0) is 28.9 Å². The van der Waals surface area contributed by atoms with Crippen molar-refractivity contribution in [3.63, 3.8) is 0 Å². The van der Waals surface area contributed by atoms with Gasteiger partial charge in [0, 0.05) is 22.0 Å². The van der Waals surface area contributed by atoms with Crippen LogP contribution in [0.25, 0.3) is 10.9 Å². The predicted molar refractivity (Wildman–Crippen MR) is 96.0 cm³/mol. The molecule has 0 unspecified atom stereocenters. The maximum Gasteiger partial charge on any atom is 0.340 e. The first-order chi connectivity index (χ1) is 12.2. The highest BCUT2D eigenvalue weighted by atomic mass is 32.1. The number of para-hydroxylation sites is 1. The van der Waals surface area contributed by atoms with Gasteiger partial charge in [-0.3, -0.25) is 4.79 Å². The second-order valence-corrected chi connectivity index (χ2v) is 7.05. The van der Waals surface area contributed by atoms with Gasteiger partial charge in [0.1, 0.15) is 6.54 Å². The molecule has 1 aliphatic rings. The number of carbonyl (C=O) groups is 2. The third-order valence-electron chi connectivity index (χ3n) is 4.35. The van der Waals surface area contributed by atoms with Gasteiger partial charge in [0.2, 0.25) is 5.91 Å². The zero-order valence-electron chi connectivity index (χ0n) is 13.7. The molecule has 0 saturated carbocycles. The zero-order chi connectivity index (χ0) is 17.4. The van der Waals surface area contributed by atoms with Crippen molar-refractivity contribution in [3.05, 3.63) is 46.6 Å². The number of hydrogen-bond donors (Lipinski definition) is 1. The van der Waals surface area contributed by atoms with Gasteiger partial charge in [0.15, 0.2) is 5.13 Å². The van der Waals surface area contributed by atoms with Crippen molar-refractivity contribution >= 4 is 39.2 Å². The van der Waals surface area contributed by atoms with Gasteiger partial charge in [-0.2, -0.15) is 0 Å². The van der Waals surface area contributed by atoms with Crippen LogP contribution in [0.1, 0.15) is 27.3 Å². The number of benzene rings is 1. The number of methoxy groups -OCH3 is 1. The van der Waals surface area contributed by atoms with Crippen LogP contribution in [0.4, 0.5) is 5.13 Å². The molecule has 6 nitrogen and oxygen atoms in total. The van der Waals surface area contributed by atoms with E-state index in [-0.39, 0.29) is 12.5 Å². The third-order valence-corrected chi connectivity index (χ3v) is 5.42. The monoisotopic (exact) mass is 355 g/mol. The van der Waals surface area contributed by atoms with Crippen molar-refractivity contribution in [3.8, 4) is 0 Å². The van der Waals surface area contributed by atoms with E-state index >= 15 is 0 Å². The van der Waals surface area contributed by atoms with E-state index in [0.29, 0.717) is 10.7 Å². The summed E-state index contributed by atoms with van der Waals surface area (Å²) in [6.45, 7) is 0.113. The smallest absolute Gasteiger partial charge is 0.340 e. The van der Waals surface area contributed by atoms with Crippen molar-refractivity contribution in [2.45, 2.75) is 25.8 Å². The maximum absolute atomic E-state index is 12.4. The number of esters is 1. The number of fused-ring (bicyclic) bond motifs is 2. The molecular formula is C18H17N3O3S. The lowest BCUT2D eigenvalue weighted by Crippen LogP contribution is -2.18. The highest BCUT2D eigenvalue weighted by Gasteiger charge is 2.19. The Hall–Kier alpha value is -2.67. The van der Waals surface area contributed by atoms with E-state index in [9.17, 15) is 9.59 Å². The molecule has 1 amide bonds. The quantitative estimate of drug-likeness (QED) is 0.730. The number of aryl methyl sites for hydroxylation is 2. The minimum Gasteiger partial charge on any atom is -0.465 e. The van der Waals surface area contributed by atoms with Gasteiger partial charge in [-0.25, -0.2) is 9.78 Å². The van der Waals surface area contributed by atoms with Gasteiger partial charge in [0.05, 0.1) is 18.4 Å². The van der Waals surface area contributed by atoms with Crippen LogP contribution in [0.5, 0.6) is 0 Å².